The first kappa shape index (κ1) is 26.5. The molecule has 0 saturated carbocycles. The zero-order valence-electron chi connectivity index (χ0n) is 19.0. The lowest BCUT2D eigenvalue weighted by molar-refractivity contribution is 0.118. The average molecular weight is 504 g/mol. The van der Waals surface area contributed by atoms with E-state index in [0.717, 1.165) is 30.4 Å². The zero-order chi connectivity index (χ0) is 24.3. The summed E-state index contributed by atoms with van der Waals surface area (Å²) in [4.78, 5) is 0. The van der Waals surface area contributed by atoms with Crippen LogP contribution in [0.1, 0.15) is 40.3 Å². The number of nitrogens with one attached hydrogen (secondary N) is 1. The number of phenols is 1. The van der Waals surface area contributed by atoms with Crippen molar-refractivity contribution in [1.29, 1.82) is 0 Å². The molecule has 0 aliphatic carbocycles. The van der Waals surface area contributed by atoms with Crippen molar-refractivity contribution in [3.05, 3.63) is 98.5 Å². The molecule has 182 valence electrons. The average Bonchev–Trinajstić information content (AvgIpc) is 2.83. The summed E-state index contributed by atoms with van der Waals surface area (Å²) < 4.78 is 5.84. The van der Waals surface area contributed by atoms with Crippen molar-refractivity contribution >= 4 is 23.2 Å². The van der Waals surface area contributed by atoms with Crippen LogP contribution in [-0.4, -0.2) is 35.0 Å². The predicted octanol–water partition coefficient (Wildman–Crippen LogP) is 5.21. The molecule has 5 nitrogen and oxygen atoms in total. The van der Waals surface area contributed by atoms with E-state index >= 15 is 0 Å². The van der Waals surface area contributed by atoms with Crippen molar-refractivity contribution < 1.29 is 20.1 Å². The molecule has 0 aromatic heterocycles. The SMILES string of the molecule is OCc1cc(C(O)CNCCc2cccc(COCCCc3c(Cl)cccc3Cl)c2)ccc1O. The van der Waals surface area contributed by atoms with Gasteiger partial charge in [-0.05, 0) is 72.3 Å². The number of aliphatic hydroxyl groups is 2. The molecule has 0 amide bonds. The lowest BCUT2D eigenvalue weighted by atomic mass is 10.0. The largest absolute Gasteiger partial charge is 0.508 e. The van der Waals surface area contributed by atoms with Gasteiger partial charge < -0.3 is 25.4 Å². The van der Waals surface area contributed by atoms with Crippen molar-refractivity contribution in [2.75, 3.05) is 19.7 Å². The molecular weight excluding hydrogens is 473 g/mol. The van der Waals surface area contributed by atoms with Gasteiger partial charge in [0.15, 0.2) is 0 Å². The summed E-state index contributed by atoms with van der Waals surface area (Å²) in [7, 11) is 0. The minimum absolute atomic E-state index is 0.0280. The highest BCUT2D eigenvalue weighted by atomic mass is 35.5. The van der Waals surface area contributed by atoms with Gasteiger partial charge in [0.1, 0.15) is 5.75 Å². The van der Waals surface area contributed by atoms with Crippen LogP contribution in [0.5, 0.6) is 5.75 Å². The molecule has 0 aliphatic heterocycles. The van der Waals surface area contributed by atoms with E-state index in [0.29, 0.717) is 47.5 Å². The molecule has 0 saturated heterocycles. The van der Waals surface area contributed by atoms with Gasteiger partial charge in [0.05, 0.1) is 19.3 Å². The Labute approximate surface area is 210 Å². The second kappa shape index (κ2) is 13.7. The lowest BCUT2D eigenvalue weighted by Gasteiger charge is -2.14. The van der Waals surface area contributed by atoms with Crippen molar-refractivity contribution in [1.82, 2.24) is 5.32 Å². The number of hydrogen-bond acceptors (Lipinski definition) is 5. The Hall–Kier alpha value is -2.12. The van der Waals surface area contributed by atoms with Gasteiger partial charge in [-0.15, -0.1) is 0 Å². The molecule has 0 aliphatic rings. The van der Waals surface area contributed by atoms with Crippen LogP contribution in [0.2, 0.25) is 10.0 Å². The fourth-order valence-corrected chi connectivity index (χ4v) is 4.30. The predicted molar refractivity (Wildman–Crippen MR) is 136 cm³/mol. The van der Waals surface area contributed by atoms with Gasteiger partial charge in [-0.25, -0.2) is 0 Å². The minimum atomic E-state index is -0.716. The Kier molecular flexibility index (Phi) is 10.7. The van der Waals surface area contributed by atoms with Crippen molar-refractivity contribution in [3.8, 4) is 5.75 Å². The van der Waals surface area contributed by atoms with Crippen LogP contribution in [0, 0.1) is 0 Å². The summed E-state index contributed by atoms with van der Waals surface area (Å²) in [5, 5.41) is 33.9. The van der Waals surface area contributed by atoms with Crippen molar-refractivity contribution in [2.45, 2.75) is 38.6 Å². The van der Waals surface area contributed by atoms with Crippen LogP contribution >= 0.6 is 23.2 Å². The van der Waals surface area contributed by atoms with Crippen LogP contribution < -0.4 is 5.32 Å². The summed E-state index contributed by atoms with van der Waals surface area (Å²) in [5.74, 6) is 0.0280. The van der Waals surface area contributed by atoms with Gasteiger partial charge in [-0.1, -0.05) is 59.6 Å². The normalized spacial score (nSPS) is 12.1. The number of aliphatic hydroxyl groups excluding tert-OH is 2. The second-order valence-electron chi connectivity index (χ2n) is 8.19. The van der Waals surface area contributed by atoms with E-state index in [9.17, 15) is 15.3 Å². The fraction of sp³-hybridized carbons (Fsp3) is 0.333. The Bertz CT molecular complexity index is 1040. The lowest BCUT2D eigenvalue weighted by Crippen LogP contribution is -2.23. The standard InChI is InChI=1S/C27H31Cl2NO4/c28-24-7-2-8-25(29)23(24)6-3-13-34-18-20-5-1-4-19(14-20)11-12-30-16-27(33)21-9-10-26(32)22(15-21)17-31/h1-2,4-5,7-10,14-15,27,30-33H,3,6,11-13,16-18H2. The first-order valence-corrected chi connectivity index (χ1v) is 12.1. The molecular formula is C27H31Cl2NO4. The first-order valence-electron chi connectivity index (χ1n) is 11.4. The van der Waals surface area contributed by atoms with Crippen LogP contribution in [0.3, 0.4) is 0 Å². The van der Waals surface area contributed by atoms with Gasteiger partial charge >= 0.3 is 0 Å². The molecule has 0 bridgehead atoms. The maximum absolute atomic E-state index is 10.4. The third kappa shape index (κ3) is 7.98. The second-order valence-corrected chi connectivity index (χ2v) is 9.01. The maximum Gasteiger partial charge on any atom is 0.121 e. The molecule has 3 aromatic rings. The number of rotatable bonds is 13. The first-order chi connectivity index (χ1) is 16.5. The number of ether oxygens (including phenoxy) is 1. The van der Waals surface area contributed by atoms with E-state index in [-0.39, 0.29) is 12.4 Å². The number of halogens is 2. The van der Waals surface area contributed by atoms with Crippen molar-refractivity contribution in [3.63, 3.8) is 0 Å². The molecule has 34 heavy (non-hydrogen) atoms. The Morgan fingerprint density at radius 3 is 2.41 bits per heavy atom. The quantitative estimate of drug-likeness (QED) is 0.241. The summed E-state index contributed by atoms with van der Waals surface area (Å²) >= 11 is 12.4. The van der Waals surface area contributed by atoms with Gasteiger partial charge in [-0.2, -0.15) is 0 Å². The molecule has 7 heteroatoms. The van der Waals surface area contributed by atoms with E-state index < -0.39 is 6.10 Å². The molecule has 0 radical (unpaired) electrons. The number of benzene rings is 3. The van der Waals surface area contributed by atoms with Crippen molar-refractivity contribution in [2.24, 2.45) is 0 Å². The van der Waals surface area contributed by atoms with Crippen LogP contribution in [0.25, 0.3) is 0 Å². The molecule has 1 unspecified atom stereocenters. The molecule has 0 fully saturated rings. The van der Waals surface area contributed by atoms with Gasteiger partial charge in [0.2, 0.25) is 0 Å². The molecule has 3 rings (SSSR count). The number of hydrogen-bond donors (Lipinski definition) is 4. The molecule has 4 N–H and O–H groups in total. The zero-order valence-corrected chi connectivity index (χ0v) is 20.5. The molecule has 0 heterocycles. The third-order valence-corrected chi connectivity index (χ3v) is 6.33. The van der Waals surface area contributed by atoms with E-state index in [2.05, 4.69) is 23.5 Å². The van der Waals surface area contributed by atoms with Crippen LogP contribution in [-0.2, 0) is 30.8 Å². The van der Waals surface area contributed by atoms with Crippen LogP contribution in [0.4, 0.5) is 0 Å². The van der Waals surface area contributed by atoms with E-state index in [1.807, 2.05) is 24.3 Å². The molecule has 3 aromatic carbocycles. The van der Waals surface area contributed by atoms with Crippen LogP contribution in [0.15, 0.2) is 60.7 Å². The summed E-state index contributed by atoms with van der Waals surface area (Å²) in [6, 6.07) is 18.6. The highest BCUT2D eigenvalue weighted by molar-refractivity contribution is 6.35. The topological polar surface area (TPSA) is 82.0 Å². The van der Waals surface area contributed by atoms with E-state index in [1.54, 1.807) is 12.1 Å². The van der Waals surface area contributed by atoms with Gasteiger partial charge in [0.25, 0.3) is 0 Å². The highest BCUT2D eigenvalue weighted by Crippen LogP contribution is 2.25. The third-order valence-electron chi connectivity index (χ3n) is 5.62. The Balaban J connectivity index is 1.36. The van der Waals surface area contributed by atoms with E-state index in [4.69, 9.17) is 27.9 Å². The Morgan fingerprint density at radius 2 is 1.65 bits per heavy atom. The fourth-order valence-electron chi connectivity index (χ4n) is 3.72. The summed E-state index contributed by atoms with van der Waals surface area (Å²) in [5.41, 5.74) is 4.34. The van der Waals surface area contributed by atoms with E-state index in [1.165, 1.54) is 11.6 Å². The highest BCUT2D eigenvalue weighted by Gasteiger charge is 2.10. The number of aromatic hydroxyl groups is 1. The smallest absolute Gasteiger partial charge is 0.121 e. The summed E-state index contributed by atoms with van der Waals surface area (Å²) in [6.07, 6.45) is 1.73. The molecule has 1 atom stereocenters. The van der Waals surface area contributed by atoms with Gasteiger partial charge in [0, 0.05) is 28.8 Å². The maximum atomic E-state index is 10.4. The Morgan fingerprint density at radius 1 is 0.912 bits per heavy atom. The van der Waals surface area contributed by atoms with Gasteiger partial charge in [-0.3, -0.25) is 0 Å². The minimum Gasteiger partial charge on any atom is -0.508 e. The summed E-state index contributed by atoms with van der Waals surface area (Å²) in [6.45, 7) is 2.00. The molecule has 0 spiro atoms. The monoisotopic (exact) mass is 503 g/mol.